The summed E-state index contributed by atoms with van der Waals surface area (Å²) in [4.78, 5) is 33.7. The van der Waals surface area contributed by atoms with Gasteiger partial charge in [-0.15, -0.1) is 0 Å². The number of ether oxygens (including phenoxy) is 1. The SMILES string of the molecule is C/C=C/C(=O)Nc1cccc(-c2cc(C#N)c(N3CCN(C(=O)CCOC)[C@H](C)C3)nc2C2CC2)c1. The van der Waals surface area contributed by atoms with E-state index in [4.69, 9.17) is 9.72 Å². The van der Waals surface area contributed by atoms with E-state index in [0.29, 0.717) is 55.6 Å². The van der Waals surface area contributed by atoms with E-state index in [9.17, 15) is 14.9 Å². The van der Waals surface area contributed by atoms with E-state index < -0.39 is 0 Å². The minimum atomic E-state index is -0.183. The van der Waals surface area contributed by atoms with Gasteiger partial charge in [-0.25, -0.2) is 4.98 Å². The van der Waals surface area contributed by atoms with E-state index in [2.05, 4.69) is 16.3 Å². The van der Waals surface area contributed by atoms with Gasteiger partial charge in [0.25, 0.3) is 0 Å². The number of hydrogen-bond donors (Lipinski definition) is 1. The van der Waals surface area contributed by atoms with Crippen LogP contribution < -0.4 is 10.2 Å². The summed E-state index contributed by atoms with van der Waals surface area (Å²) in [6, 6.07) is 12.0. The maximum Gasteiger partial charge on any atom is 0.248 e. The zero-order chi connectivity index (χ0) is 25.7. The molecule has 0 spiro atoms. The Morgan fingerprint density at radius 2 is 2.08 bits per heavy atom. The third-order valence-corrected chi connectivity index (χ3v) is 6.64. The van der Waals surface area contributed by atoms with Crippen molar-refractivity contribution in [3.8, 4) is 17.2 Å². The molecule has 8 nitrogen and oxygen atoms in total. The number of anilines is 2. The number of rotatable bonds is 8. The van der Waals surface area contributed by atoms with E-state index in [1.807, 2.05) is 42.2 Å². The molecule has 1 aliphatic carbocycles. The van der Waals surface area contributed by atoms with E-state index in [0.717, 1.165) is 29.7 Å². The molecular formula is C28H33N5O3. The van der Waals surface area contributed by atoms with E-state index >= 15 is 0 Å². The first kappa shape index (κ1) is 25.4. The van der Waals surface area contributed by atoms with E-state index in [1.54, 1.807) is 20.1 Å². The smallest absolute Gasteiger partial charge is 0.248 e. The van der Waals surface area contributed by atoms with Crippen LogP contribution in [0.2, 0.25) is 0 Å². The quantitative estimate of drug-likeness (QED) is 0.563. The van der Waals surface area contributed by atoms with Crippen LogP contribution in [0.4, 0.5) is 11.5 Å². The number of amides is 2. The largest absolute Gasteiger partial charge is 0.384 e. The second-order valence-corrected chi connectivity index (χ2v) is 9.37. The van der Waals surface area contributed by atoms with Gasteiger partial charge >= 0.3 is 0 Å². The number of nitrogens with one attached hydrogen (secondary N) is 1. The summed E-state index contributed by atoms with van der Waals surface area (Å²) in [5.74, 6) is 0.962. The van der Waals surface area contributed by atoms with Crippen LogP contribution in [0, 0.1) is 11.3 Å². The van der Waals surface area contributed by atoms with Gasteiger partial charge in [0.1, 0.15) is 11.9 Å². The van der Waals surface area contributed by atoms with Crippen molar-refractivity contribution < 1.29 is 14.3 Å². The lowest BCUT2D eigenvalue weighted by molar-refractivity contribution is -0.134. The summed E-state index contributed by atoms with van der Waals surface area (Å²) in [6.07, 6.45) is 5.69. The van der Waals surface area contributed by atoms with Crippen molar-refractivity contribution in [2.45, 2.75) is 45.1 Å². The molecule has 2 fully saturated rings. The molecule has 0 radical (unpaired) electrons. The summed E-state index contributed by atoms with van der Waals surface area (Å²) in [5, 5.41) is 12.9. The number of piperazine rings is 1. The first-order valence-corrected chi connectivity index (χ1v) is 12.5. The highest BCUT2D eigenvalue weighted by Crippen LogP contribution is 2.45. The fraction of sp³-hybridized carbons (Fsp3) is 0.429. The lowest BCUT2D eigenvalue weighted by Crippen LogP contribution is -2.54. The van der Waals surface area contributed by atoms with Gasteiger partial charge in [0.15, 0.2) is 0 Å². The van der Waals surface area contributed by atoms with Gasteiger partial charge in [-0.3, -0.25) is 9.59 Å². The van der Waals surface area contributed by atoms with E-state index in [-0.39, 0.29) is 17.9 Å². The van der Waals surface area contributed by atoms with Crippen molar-refractivity contribution in [1.29, 1.82) is 5.26 Å². The molecule has 4 rings (SSSR count). The average molecular weight is 488 g/mol. The molecule has 1 aromatic heterocycles. The van der Waals surface area contributed by atoms with Crippen molar-refractivity contribution in [3.63, 3.8) is 0 Å². The predicted octanol–water partition coefficient (Wildman–Crippen LogP) is 4.09. The Morgan fingerprint density at radius 3 is 2.75 bits per heavy atom. The molecule has 188 valence electrons. The Balaban J connectivity index is 1.62. The molecule has 1 saturated heterocycles. The lowest BCUT2D eigenvalue weighted by Gasteiger charge is -2.41. The number of benzene rings is 1. The van der Waals surface area contributed by atoms with Crippen LogP contribution in [-0.2, 0) is 14.3 Å². The maximum atomic E-state index is 12.5. The van der Waals surface area contributed by atoms with Crippen LogP contribution in [0.3, 0.4) is 0 Å². The molecule has 1 atom stereocenters. The van der Waals surface area contributed by atoms with E-state index in [1.165, 1.54) is 6.08 Å². The highest BCUT2D eigenvalue weighted by molar-refractivity contribution is 5.99. The van der Waals surface area contributed by atoms with Gasteiger partial charge < -0.3 is 19.9 Å². The Morgan fingerprint density at radius 1 is 1.28 bits per heavy atom. The number of allylic oxidation sites excluding steroid dienone is 1. The van der Waals surface area contributed by atoms with Gasteiger partial charge in [-0.05, 0) is 56.5 Å². The number of nitrogens with zero attached hydrogens (tertiary/aromatic N) is 4. The molecule has 8 heteroatoms. The predicted molar refractivity (Wildman–Crippen MR) is 140 cm³/mol. The van der Waals surface area contributed by atoms with Crippen LogP contribution in [0.1, 0.15) is 50.3 Å². The molecule has 36 heavy (non-hydrogen) atoms. The first-order chi connectivity index (χ1) is 17.4. The average Bonchev–Trinajstić information content (AvgIpc) is 3.72. The Kier molecular flexibility index (Phi) is 8.01. The van der Waals surface area contributed by atoms with Crippen molar-refractivity contribution >= 4 is 23.3 Å². The molecule has 0 unspecified atom stereocenters. The third kappa shape index (κ3) is 5.74. The highest BCUT2D eigenvalue weighted by Gasteiger charge is 2.33. The maximum absolute atomic E-state index is 12.5. The fourth-order valence-corrected chi connectivity index (χ4v) is 4.69. The molecule has 2 heterocycles. The number of pyridine rings is 1. The van der Waals surface area contributed by atoms with Crippen LogP contribution in [0.15, 0.2) is 42.5 Å². The third-order valence-electron chi connectivity index (χ3n) is 6.64. The second kappa shape index (κ2) is 11.4. The summed E-state index contributed by atoms with van der Waals surface area (Å²) in [6.45, 7) is 6.08. The lowest BCUT2D eigenvalue weighted by atomic mass is 9.98. The summed E-state index contributed by atoms with van der Waals surface area (Å²) >= 11 is 0. The molecule has 2 aromatic rings. The number of hydrogen-bond acceptors (Lipinski definition) is 6. The standard InChI is InChI=1S/C28H33N5O3/c1-4-6-25(34)30-23-8-5-7-21(15-23)24-16-22(17-29)28(31-27(24)20-9-10-20)32-12-13-33(19(2)18-32)26(35)11-14-36-3/h4-8,15-16,19-20H,9-14,18H2,1-3H3,(H,30,34)/b6-4+/t19-/m1/s1. The summed E-state index contributed by atoms with van der Waals surface area (Å²) < 4.78 is 5.06. The molecule has 2 aliphatic rings. The fourth-order valence-electron chi connectivity index (χ4n) is 4.69. The molecule has 1 saturated carbocycles. The van der Waals surface area contributed by atoms with Crippen molar-refractivity contribution in [1.82, 2.24) is 9.88 Å². The summed E-state index contributed by atoms with van der Waals surface area (Å²) in [5.41, 5.74) is 4.06. The topological polar surface area (TPSA) is 98.6 Å². The van der Waals surface area contributed by atoms with Crippen LogP contribution in [0.25, 0.3) is 11.1 Å². The minimum Gasteiger partial charge on any atom is -0.384 e. The zero-order valence-electron chi connectivity index (χ0n) is 21.2. The van der Waals surface area contributed by atoms with Gasteiger partial charge in [-0.1, -0.05) is 18.2 Å². The van der Waals surface area contributed by atoms with Crippen molar-refractivity contribution in [2.75, 3.05) is 43.6 Å². The van der Waals surface area contributed by atoms with Crippen LogP contribution >= 0.6 is 0 Å². The molecular weight excluding hydrogens is 454 g/mol. The number of methoxy groups -OCH3 is 1. The Hall–Kier alpha value is -3.70. The monoisotopic (exact) mass is 487 g/mol. The Labute approximate surface area is 212 Å². The number of aromatic nitrogens is 1. The zero-order valence-corrected chi connectivity index (χ0v) is 21.2. The Bertz CT molecular complexity index is 1200. The van der Waals surface area contributed by atoms with Gasteiger partial charge in [0, 0.05) is 50.0 Å². The minimum absolute atomic E-state index is 0.0120. The second-order valence-electron chi connectivity index (χ2n) is 9.37. The molecule has 1 N–H and O–H groups in total. The van der Waals surface area contributed by atoms with Gasteiger partial charge in [0.2, 0.25) is 11.8 Å². The molecule has 1 aliphatic heterocycles. The number of nitriles is 1. The molecule has 2 amide bonds. The van der Waals surface area contributed by atoms with Crippen LogP contribution in [0.5, 0.6) is 0 Å². The van der Waals surface area contributed by atoms with Crippen LogP contribution in [-0.4, -0.2) is 61.1 Å². The van der Waals surface area contributed by atoms with Crippen molar-refractivity contribution in [3.05, 3.63) is 53.7 Å². The number of carbonyl (C=O) groups is 2. The van der Waals surface area contributed by atoms with Crippen molar-refractivity contribution in [2.24, 2.45) is 0 Å². The van der Waals surface area contributed by atoms with Gasteiger partial charge in [0.05, 0.1) is 24.3 Å². The number of carbonyl (C=O) groups excluding carboxylic acids is 2. The first-order valence-electron chi connectivity index (χ1n) is 12.5. The van der Waals surface area contributed by atoms with Gasteiger partial charge in [-0.2, -0.15) is 5.26 Å². The summed E-state index contributed by atoms with van der Waals surface area (Å²) in [7, 11) is 1.60. The molecule has 0 bridgehead atoms. The highest BCUT2D eigenvalue weighted by atomic mass is 16.5. The molecule has 1 aromatic carbocycles. The normalized spacial score (nSPS) is 17.8.